The lowest BCUT2D eigenvalue weighted by Gasteiger charge is -2.27. The zero-order valence-corrected chi connectivity index (χ0v) is 12.8. The smallest absolute Gasteiger partial charge is 0.119 e. The van der Waals surface area contributed by atoms with Crippen LogP contribution in [0.15, 0.2) is 35.9 Å². The van der Waals surface area contributed by atoms with Crippen LogP contribution in [0.4, 0.5) is 0 Å². The van der Waals surface area contributed by atoms with Crippen molar-refractivity contribution in [3.63, 3.8) is 0 Å². The summed E-state index contributed by atoms with van der Waals surface area (Å²) < 4.78 is 5.27. The summed E-state index contributed by atoms with van der Waals surface area (Å²) in [4.78, 5) is 5.88. The van der Waals surface area contributed by atoms with Crippen LogP contribution in [0.1, 0.15) is 31.2 Å². The molecule has 0 aliphatic heterocycles. The fourth-order valence-corrected chi connectivity index (χ4v) is 2.66. The number of ether oxygens (including phenoxy) is 1. The van der Waals surface area contributed by atoms with Crippen molar-refractivity contribution in [2.24, 2.45) is 0 Å². The Balaban J connectivity index is 1.95. The Kier molecular flexibility index (Phi) is 5.62. The molecule has 0 radical (unpaired) electrons. The van der Waals surface area contributed by atoms with Crippen molar-refractivity contribution in [1.29, 1.82) is 0 Å². The van der Waals surface area contributed by atoms with Crippen molar-refractivity contribution in [2.75, 3.05) is 21.2 Å². The molecule has 3 nitrogen and oxygen atoms in total. The summed E-state index contributed by atoms with van der Waals surface area (Å²) in [6, 6.07) is 8.32. The number of rotatable bonds is 6. The molecule has 0 saturated heterocycles. The molecular formula is C17H25NO2. The fourth-order valence-electron chi connectivity index (χ4n) is 2.66. The number of hydrogen-bond acceptors (Lipinski definition) is 3. The number of hydroxylamine groups is 2. The van der Waals surface area contributed by atoms with Crippen LogP contribution in [0.2, 0.25) is 0 Å². The first-order valence-electron chi connectivity index (χ1n) is 7.35. The Morgan fingerprint density at radius 3 is 2.85 bits per heavy atom. The first-order chi connectivity index (χ1) is 9.69. The third kappa shape index (κ3) is 4.36. The van der Waals surface area contributed by atoms with Crippen molar-refractivity contribution in [3.8, 4) is 5.75 Å². The van der Waals surface area contributed by atoms with Crippen molar-refractivity contribution in [3.05, 3.63) is 41.5 Å². The largest absolute Gasteiger partial charge is 0.497 e. The molecule has 1 unspecified atom stereocenters. The summed E-state index contributed by atoms with van der Waals surface area (Å²) in [5, 5.41) is 1.81. The number of nitrogens with zero attached hydrogens (tertiary/aromatic N) is 1. The average molecular weight is 275 g/mol. The van der Waals surface area contributed by atoms with Crippen LogP contribution in [-0.2, 0) is 11.3 Å². The van der Waals surface area contributed by atoms with Gasteiger partial charge in [0.2, 0.25) is 0 Å². The molecule has 0 amide bonds. The standard InChI is InChI=1S/C17H25NO2/c1-18(2)20-17-10-5-4-8-15(17)12-11-14-7-6-9-16(13-14)19-3/h6-9,13,17H,4-5,10-12H2,1-3H3. The van der Waals surface area contributed by atoms with E-state index in [0.29, 0.717) is 0 Å². The number of aryl methyl sites for hydroxylation is 1. The van der Waals surface area contributed by atoms with Gasteiger partial charge in [-0.2, -0.15) is 5.06 Å². The molecule has 1 aliphatic carbocycles. The van der Waals surface area contributed by atoms with E-state index in [9.17, 15) is 0 Å². The lowest BCUT2D eigenvalue weighted by Crippen LogP contribution is -2.26. The van der Waals surface area contributed by atoms with Crippen LogP contribution in [0.25, 0.3) is 0 Å². The number of allylic oxidation sites excluding steroid dienone is 1. The maximum absolute atomic E-state index is 5.88. The third-order valence-corrected chi connectivity index (χ3v) is 3.67. The van der Waals surface area contributed by atoms with E-state index in [1.54, 1.807) is 7.11 Å². The Hall–Kier alpha value is -1.32. The highest BCUT2D eigenvalue weighted by Crippen LogP contribution is 2.26. The van der Waals surface area contributed by atoms with Crippen molar-refractivity contribution in [2.45, 2.75) is 38.2 Å². The van der Waals surface area contributed by atoms with Gasteiger partial charge >= 0.3 is 0 Å². The van der Waals surface area contributed by atoms with Gasteiger partial charge < -0.3 is 4.74 Å². The lowest BCUT2D eigenvalue weighted by molar-refractivity contribution is -0.155. The van der Waals surface area contributed by atoms with E-state index in [2.05, 4.69) is 24.3 Å². The number of benzene rings is 1. The topological polar surface area (TPSA) is 21.7 Å². The van der Waals surface area contributed by atoms with E-state index in [0.717, 1.165) is 25.0 Å². The summed E-state index contributed by atoms with van der Waals surface area (Å²) in [5.41, 5.74) is 2.76. The molecule has 2 rings (SSSR count). The molecule has 1 aromatic carbocycles. The fraction of sp³-hybridized carbons (Fsp3) is 0.529. The average Bonchev–Trinajstić information content (AvgIpc) is 2.46. The van der Waals surface area contributed by atoms with Crippen LogP contribution in [-0.4, -0.2) is 32.4 Å². The van der Waals surface area contributed by atoms with Crippen LogP contribution >= 0.6 is 0 Å². The van der Waals surface area contributed by atoms with E-state index in [-0.39, 0.29) is 6.10 Å². The SMILES string of the molecule is COc1cccc(CCC2=CCCCC2ON(C)C)c1. The predicted octanol–water partition coefficient (Wildman–Crippen LogP) is 3.60. The van der Waals surface area contributed by atoms with Crippen LogP contribution in [0.5, 0.6) is 5.75 Å². The van der Waals surface area contributed by atoms with Gasteiger partial charge in [-0.1, -0.05) is 18.2 Å². The van der Waals surface area contributed by atoms with Gasteiger partial charge in [-0.3, -0.25) is 4.84 Å². The zero-order valence-electron chi connectivity index (χ0n) is 12.8. The summed E-state index contributed by atoms with van der Waals surface area (Å²) >= 11 is 0. The highest BCUT2D eigenvalue weighted by molar-refractivity contribution is 5.29. The van der Waals surface area contributed by atoms with E-state index < -0.39 is 0 Å². The van der Waals surface area contributed by atoms with Crippen LogP contribution in [0, 0.1) is 0 Å². The highest BCUT2D eigenvalue weighted by Gasteiger charge is 2.19. The van der Waals surface area contributed by atoms with Crippen LogP contribution < -0.4 is 4.74 Å². The Labute approximate surface area is 122 Å². The van der Waals surface area contributed by atoms with Gasteiger partial charge in [0.15, 0.2) is 0 Å². The molecule has 1 aliphatic rings. The second kappa shape index (κ2) is 7.46. The maximum Gasteiger partial charge on any atom is 0.119 e. The third-order valence-electron chi connectivity index (χ3n) is 3.67. The van der Waals surface area contributed by atoms with Crippen molar-refractivity contribution >= 4 is 0 Å². The molecule has 3 heteroatoms. The van der Waals surface area contributed by atoms with Gasteiger partial charge in [0.25, 0.3) is 0 Å². The van der Waals surface area contributed by atoms with Gasteiger partial charge in [0.1, 0.15) is 11.9 Å². The molecule has 0 N–H and O–H groups in total. The molecule has 0 heterocycles. The maximum atomic E-state index is 5.88. The monoisotopic (exact) mass is 275 g/mol. The quantitative estimate of drug-likeness (QED) is 0.585. The first kappa shape index (κ1) is 15.1. The molecule has 0 aromatic heterocycles. The molecule has 1 atom stereocenters. The molecule has 0 fully saturated rings. The molecule has 20 heavy (non-hydrogen) atoms. The van der Waals surface area contributed by atoms with Gasteiger partial charge in [0.05, 0.1) is 7.11 Å². The van der Waals surface area contributed by atoms with Gasteiger partial charge in [0, 0.05) is 14.1 Å². The Morgan fingerprint density at radius 2 is 2.10 bits per heavy atom. The molecule has 0 spiro atoms. The summed E-state index contributed by atoms with van der Waals surface area (Å²) in [5.74, 6) is 0.932. The minimum absolute atomic E-state index is 0.254. The second-order valence-corrected chi connectivity index (χ2v) is 5.47. The van der Waals surface area contributed by atoms with Crippen LogP contribution in [0.3, 0.4) is 0 Å². The normalized spacial score (nSPS) is 19.0. The van der Waals surface area contributed by atoms with Gasteiger partial charge in [-0.25, -0.2) is 0 Å². The molecule has 1 aromatic rings. The lowest BCUT2D eigenvalue weighted by atomic mass is 9.92. The zero-order chi connectivity index (χ0) is 14.4. The summed E-state index contributed by atoms with van der Waals surface area (Å²) in [7, 11) is 5.62. The van der Waals surface area contributed by atoms with E-state index >= 15 is 0 Å². The summed E-state index contributed by atoms with van der Waals surface area (Å²) in [6.07, 6.45) is 8.24. The van der Waals surface area contributed by atoms with E-state index in [1.807, 2.05) is 25.2 Å². The van der Waals surface area contributed by atoms with E-state index in [1.165, 1.54) is 24.0 Å². The summed E-state index contributed by atoms with van der Waals surface area (Å²) in [6.45, 7) is 0. The molecule has 0 saturated carbocycles. The predicted molar refractivity (Wildman–Crippen MR) is 81.8 cm³/mol. The van der Waals surface area contributed by atoms with Gasteiger partial charge in [-0.05, 0) is 55.4 Å². The van der Waals surface area contributed by atoms with Crippen molar-refractivity contribution in [1.82, 2.24) is 5.06 Å². The van der Waals surface area contributed by atoms with Crippen molar-refractivity contribution < 1.29 is 9.57 Å². The minimum Gasteiger partial charge on any atom is -0.497 e. The minimum atomic E-state index is 0.254. The first-order valence-corrected chi connectivity index (χ1v) is 7.35. The van der Waals surface area contributed by atoms with Gasteiger partial charge in [-0.15, -0.1) is 0 Å². The number of hydrogen-bond donors (Lipinski definition) is 0. The second-order valence-electron chi connectivity index (χ2n) is 5.47. The molecule has 0 bridgehead atoms. The molecular weight excluding hydrogens is 250 g/mol. The molecule has 110 valence electrons. The number of methoxy groups -OCH3 is 1. The van der Waals surface area contributed by atoms with E-state index in [4.69, 9.17) is 9.57 Å². The highest BCUT2D eigenvalue weighted by atomic mass is 16.7. The Bertz CT molecular complexity index is 454. The Morgan fingerprint density at radius 1 is 1.25 bits per heavy atom.